The van der Waals surface area contributed by atoms with Crippen LogP contribution in [0.3, 0.4) is 0 Å². The molecule has 6 heterocycles. The van der Waals surface area contributed by atoms with Crippen LogP contribution in [0.15, 0.2) is 241 Å². The Hall–Kier alpha value is -10.6. The number of rotatable bonds is 5. The van der Waals surface area contributed by atoms with Crippen LogP contribution in [0.1, 0.15) is 63.7 Å². The molecular weight excluding hydrogens is 1100 g/mol. The molecule has 0 spiro atoms. The molecule has 12 aromatic carbocycles. The van der Waals surface area contributed by atoms with Gasteiger partial charge in [0.2, 0.25) is 0 Å². The third-order valence-corrected chi connectivity index (χ3v) is 19.9. The standard InChI is InChI=1S/C81H57BN4O2S/c1-80(2,3)50-29-36-67(60(42-50)48-17-8-7-9-18-48)86-69-44-52(84-66-26-15-12-21-57(66)61-39-47(46-83)27-35-68(61)84)30-33-62(69)82-63-34-31-53(85-64-24-13-10-19-55(64)56-20-11-14-25-65(56)85)45-72(63)87-73-41-49(40-70(86)78(73)82)54-22-16-23-59-76-71(88-79(54)59)37-38-74-77(76)58-32-28-51(81(4,5)6)43-75(58)89-74/h7-45H,1-6H3/i12D,15D,21D,26D. The predicted molar refractivity (Wildman–Crippen MR) is 374 cm³/mol. The van der Waals surface area contributed by atoms with Gasteiger partial charge in [-0.05, 0) is 147 Å². The maximum Gasteiger partial charge on any atom is 0.256 e. The number of para-hydroxylation sites is 4. The Morgan fingerprint density at radius 1 is 0.472 bits per heavy atom. The molecule has 2 aliphatic rings. The number of hydrogen-bond donors (Lipinski definition) is 0. The average Bonchev–Trinajstić information content (AvgIpc) is 1.22. The number of nitrogens with zero attached hydrogens (tertiary/aromatic N) is 4. The minimum Gasteiger partial charge on any atom is -0.458 e. The van der Waals surface area contributed by atoms with Gasteiger partial charge in [0.05, 0.1) is 44.9 Å². The molecule has 0 radical (unpaired) electrons. The third kappa shape index (κ3) is 7.62. The fourth-order valence-corrected chi connectivity index (χ4v) is 15.7. The summed E-state index contributed by atoms with van der Waals surface area (Å²) < 4.78 is 58.6. The largest absolute Gasteiger partial charge is 0.458 e. The van der Waals surface area contributed by atoms with E-state index in [1.54, 1.807) is 12.1 Å². The topological polar surface area (TPSA) is 59.3 Å². The molecule has 0 fully saturated rings. The van der Waals surface area contributed by atoms with Crippen LogP contribution < -0.4 is 26.0 Å². The van der Waals surface area contributed by atoms with E-state index in [4.69, 9.17) is 11.9 Å². The molecular formula is C81H57BN4O2S. The molecule has 6 nitrogen and oxygen atoms in total. The summed E-state index contributed by atoms with van der Waals surface area (Å²) in [5.74, 6) is 1.44. The summed E-state index contributed by atoms with van der Waals surface area (Å²) in [6, 6.07) is 76.7. The van der Waals surface area contributed by atoms with Gasteiger partial charge in [0.25, 0.3) is 6.71 Å². The van der Waals surface area contributed by atoms with Crippen LogP contribution >= 0.6 is 11.3 Å². The van der Waals surface area contributed by atoms with Crippen molar-refractivity contribution in [1.29, 1.82) is 5.26 Å². The number of aromatic nitrogens is 2. The number of hydrogen-bond acceptors (Lipinski definition) is 5. The zero-order valence-electron chi connectivity index (χ0n) is 53.8. The Kier molecular flexibility index (Phi) is 10.00. The number of benzene rings is 12. The van der Waals surface area contributed by atoms with E-state index in [-0.39, 0.29) is 41.7 Å². The molecule has 0 N–H and O–H groups in total. The van der Waals surface area contributed by atoms with Crippen LogP contribution in [0.4, 0.5) is 17.1 Å². The van der Waals surface area contributed by atoms with Crippen molar-refractivity contribution in [3.8, 4) is 51.2 Å². The molecule has 18 rings (SSSR count). The Morgan fingerprint density at radius 2 is 1.17 bits per heavy atom. The van der Waals surface area contributed by atoms with Crippen molar-refractivity contribution >= 4 is 137 Å². The lowest BCUT2D eigenvalue weighted by Crippen LogP contribution is -2.59. The van der Waals surface area contributed by atoms with Gasteiger partial charge < -0.3 is 23.2 Å². The molecule has 0 aliphatic carbocycles. The molecule has 422 valence electrons. The molecule has 8 heteroatoms. The summed E-state index contributed by atoms with van der Waals surface area (Å²) in [4.78, 5) is 2.40. The van der Waals surface area contributed by atoms with E-state index in [0.29, 0.717) is 38.8 Å². The minimum atomic E-state index is -0.357. The Bertz CT molecular complexity index is 5980. The minimum absolute atomic E-state index is 0.000587. The van der Waals surface area contributed by atoms with E-state index in [0.717, 1.165) is 100 Å². The maximum atomic E-state index is 10.3. The number of nitriles is 1. The second kappa shape index (κ2) is 18.7. The van der Waals surface area contributed by atoms with Crippen molar-refractivity contribution in [3.05, 3.63) is 253 Å². The number of fused-ring (bicyclic) bond motifs is 17. The number of ether oxygens (including phenoxy) is 1. The number of thiophene rings is 1. The van der Waals surface area contributed by atoms with Gasteiger partial charge in [-0.3, -0.25) is 0 Å². The van der Waals surface area contributed by atoms with Crippen LogP contribution in [0, 0.1) is 11.3 Å². The molecule has 0 atom stereocenters. The monoisotopic (exact) mass is 1160 g/mol. The number of furan rings is 1. The van der Waals surface area contributed by atoms with Crippen LogP contribution in [-0.2, 0) is 10.8 Å². The van der Waals surface area contributed by atoms with E-state index in [1.165, 1.54) is 42.1 Å². The summed E-state index contributed by atoms with van der Waals surface area (Å²) in [5.41, 5.74) is 18.7. The Labute approximate surface area is 525 Å². The second-order valence-corrected chi connectivity index (χ2v) is 27.1. The highest BCUT2D eigenvalue weighted by Gasteiger charge is 2.44. The highest BCUT2D eigenvalue weighted by Crippen LogP contribution is 2.51. The quantitative estimate of drug-likeness (QED) is 0.161. The van der Waals surface area contributed by atoms with Gasteiger partial charge in [0, 0.05) is 92.4 Å². The lowest BCUT2D eigenvalue weighted by molar-refractivity contribution is 0.487. The molecule has 0 saturated carbocycles. The summed E-state index contributed by atoms with van der Waals surface area (Å²) in [5, 5.41) is 18.0. The molecule has 0 unspecified atom stereocenters. The highest BCUT2D eigenvalue weighted by atomic mass is 32.1. The molecule has 2 aliphatic heterocycles. The van der Waals surface area contributed by atoms with E-state index in [2.05, 4.69) is 251 Å². The molecule has 0 bridgehead atoms. The predicted octanol–water partition coefficient (Wildman–Crippen LogP) is 20.4. The first-order valence-corrected chi connectivity index (χ1v) is 31.2. The fourth-order valence-electron chi connectivity index (χ4n) is 14.6. The summed E-state index contributed by atoms with van der Waals surface area (Å²) in [7, 11) is 0. The smallest absolute Gasteiger partial charge is 0.256 e. The summed E-state index contributed by atoms with van der Waals surface area (Å²) in [6.45, 7) is 13.2. The Balaban J connectivity index is 0.946. The van der Waals surface area contributed by atoms with Gasteiger partial charge in [-0.15, -0.1) is 11.3 Å². The van der Waals surface area contributed by atoms with Gasteiger partial charge in [-0.2, -0.15) is 5.26 Å². The van der Waals surface area contributed by atoms with Crippen molar-refractivity contribution in [3.63, 3.8) is 0 Å². The van der Waals surface area contributed by atoms with Crippen molar-refractivity contribution in [2.24, 2.45) is 0 Å². The highest BCUT2D eigenvalue weighted by molar-refractivity contribution is 7.26. The summed E-state index contributed by atoms with van der Waals surface area (Å²) >= 11 is 1.83. The van der Waals surface area contributed by atoms with Crippen molar-refractivity contribution in [2.75, 3.05) is 4.90 Å². The average molecular weight is 1170 g/mol. The third-order valence-electron chi connectivity index (χ3n) is 18.8. The lowest BCUT2D eigenvalue weighted by Gasteiger charge is -2.41. The zero-order valence-corrected chi connectivity index (χ0v) is 50.6. The van der Waals surface area contributed by atoms with Crippen LogP contribution in [0.25, 0.3) is 119 Å². The molecule has 4 aromatic heterocycles. The van der Waals surface area contributed by atoms with Crippen LogP contribution in [0.5, 0.6) is 11.5 Å². The van der Waals surface area contributed by atoms with Gasteiger partial charge in [-0.25, -0.2) is 0 Å². The van der Waals surface area contributed by atoms with Gasteiger partial charge in [0.1, 0.15) is 22.7 Å². The van der Waals surface area contributed by atoms with Crippen molar-refractivity contribution < 1.29 is 14.6 Å². The molecule has 89 heavy (non-hydrogen) atoms. The van der Waals surface area contributed by atoms with Crippen molar-refractivity contribution in [1.82, 2.24) is 9.13 Å². The van der Waals surface area contributed by atoms with Gasteiger partial charge in [0.15, 0.2) is 0 Å². The first-order chi connectivity index (χ1) is 45.0. The molecule has 0 saturated heterocycles. The first-order valence-electron chi connectivity index (χ1n) is 32.4. The summed E-state index contributed by atoms with van der Waals surface area (Å²) in [6.07, 6.45) is 0. The van der Waals surface area contributed by atoms with E-state index in [1.807, 2.05) is 22.0 Å². The van der Waals surface area contributed by atoms with Gasteiger partial charge in [-0.1, -0.05) is 175 Å². The normalized spacial score (nSPS) is 13.7. The zero-order chi connectivity index (χ0) is 63.2. The second-order valence-electron chi connectivity index (χ2n) is 26.0. The number of anilines is 3. The van der Waals surface area contributed by atoms with Crippen molar-refractivity contribution in [2.45, 2.75) is 52.4 Å². The fraction of sp³-hybridized carbons (Fsp3) is 0.0988. The van der Waals surface area contributed by atoms with E-state index < -0.39 is 0 Å². The molecule has 0 amide bonds. The molecule has 16 aromatic rings. The van der Waals surface area contributed by atoms with Crippen LogP contribution in [0.2, 0.25) is 0 Å². The maximum absolute atomic E-state index is 10.3. The lowest BCUT2D eigenvalue weighted by atomic mass is 9.34. The first kappa shape index (κ1) is 47.5. The van der Waals surface area contributed by atoms with E-state index in [9.17, 15) is 8.00 Å². The van der Waals surface area contributed by atoms with Gasteiger partial charge >= 0.3 is 0 Å². The van der Waals surface area contributed by atoms with E-state index >= 15 is 0 Å². The SMILES string of the molecule is [2H]c1c([2H])c([2H])c2c(c1[2H])c1cc(C#N)ccc1n2-c1ccc2c(c1)N(c1ccc(C(C)(C)C)cc1-c1ccccc1)c1cc(-c3cccc4c3oc3ccc5sc6cc(C(C)(C)C)ccc6c5c34)cc3c1B2c1ccc(-n2c4ccccc4c4ccccc42)cc1O3. The van der Waals surface area contributed by atoms with Crippen LogP contribution in [-0.4, -0.2) is 15.8 Å². The Morgan fingerprint density at radius 3 is 1.96 bits per heavy atom.